The Morgan fingerprint density at radius 1 is 0.885 bits per heavy atom. The number of nitrogens with zero attached hydrogens (tertiary/aromatic N) is 1. The van der Waals surface area contributed by atoms with Gasteiger partial charge in [-0.3, -0.25) is 14.9 Å². The van der Waals surface area contributed by atoms with Gasteiger partial charge in [0.15, 0.2) is 5.78 Å². The molecule has 2 bridgehead atoms. The molecule has 0 radical (unpaired) electrons. The lowest BCUT2D eigenvalue weighted by Gasteiger charge is -2.40. The number of nitrogens with one attached hydrogen (secondary N) is 3. The number of ketones is 1. The number of benzene rings is 3. The van der Waals surface area contributed by atoms with E-state index in [2.05, 4.69) is 28.1 Å². The highest BCUT2D eigenvalue weighted by molar-refractivity contribution is 5.91. The molecule has 3 saturated heterocycles. The summed E-state index contributed by atoms with van der Waals surface area (Å²) < 4.78 is 6.15. The van der Waals surface area contributed by atoms with Gasteiger partial charge in [0.25, 0.3) is 0 Å². The van der Waals surface area contributed by atoms with E-state index in [9.17, 15) is 19.5 Å². The highest BCUT2D eigenvalue weighted by atomic mass is 16.5. The number of carbonyl (C=O) groups excluding carboxylic acids is 3. The number of carbonyl (C=O) groups is 3. The zero-order valence-corrected chi connectivity index (χ0v) is 31.2. The van der Waals surface area contributed by atoms with E-state index >= 15 is 0 Å². The molecule has 0 unspecified atom stereocenters. The molecule has 3 amide bonds. The molecular formula is C43H56N4O5. The van der Waals surface area contributed by atoms with Crippen LogP contribution in [0.3, 0.4) is 0 Å². The number of fused-ring (bicyclic) bond motifs is 2. The van der Waals surface area contributed by atoms with E-state index in [1.165, 1.54) is 0 Å². The molecule has 0 aliphatic carbocycles. The number of hydrogen-bond donors (Lipinski definition) is 4. The van der Waals surface area contributed by atoms with Gasteiger partial charge in [0, 0.05) is 30.6 Å². The molecule has 278 valence electrons. The Morgan fingerprint density at radius 2 is 1.50 bits per heavy atom. The van der Waals surface area contributed by atoms with Crippen molar-refractivity contribution in [2.45, 2.75) is 108 Å². The molecule has 3 aromatic carbocycles. The monoisotopic (exact) mass is 708 g/mol. The predicted octanol–water partition coefficient (Wildman–Crippen LogP) is 5.68. The molecule has 9 nitrogen and oxygen atoms in total. The normalized spacial score (nSPS) is 23.5. The van der Waals surface area contributed by atoms with Crippen molar-refractivity contribution in [1.82, 2.24) is 20.9 Å². The van der Waals surface area contributed by atoms with Crippen molar-refractivity contribution < 1.29 is 24.2 Å². The fourth-order valence-electron chi connectivity index (χ4n) is 9.08. The smallest absolute Gasteiger partial charge is 0.318 e. The highest BCUT2D eigenvalue weighted by Gasteiger charge is 2.61. The molecule has 3 aromatic rings. The maximum Gasteiger partial charge on any atom is 0.318 e. The number of hydrogen-bond acceptors (Lipinski definition) is 6. The first-order valence-electron chi connectivity index (χ1n) is 19.1. The van der Waals surface area contributed by atoms with Crippen LogP contribution in [0.5, 0.6) is 5.75 Å². The van der Waals surface area contributed by atoms with Gasteiger partial charge in [-0.15, -0.1) is 0 Å². The van der Waals surface area contributed by atoms with E-state index in [0.29, 0.717) is 45.2 Å². The Kier molecular flexibility index (Phi) is 11.7. The first-order chi connectivity index (χ1) is 25.0. The molecule has 0 aromatic heterocycles. The van der Waals surface area contributed by atoms with Gasteiger partial charge < -0.3 is 25.4 Å². The van der Waals surface area contributed by atoms with E-state index < -0.39 is 23.2 Å². The summed E-state index contributed by atoms with van der Waals surface area (Å²) in [6.07, 6.45) is 4.42. The number of aliphatic hydroxyl groups excluding tert-OH is 1. The van der Waals surface area contributed by atoms with Crippen molar-refractivity contribution in [2.75, 3.05) is 19.7 Å². The summed E-state index contributed by atoms with van der Waals surface area (Å²) in [5, 5.41) is 22.4. The van der Waals surface area contributed by atoms with Crippen LogP contribution >= 0.6 is 0 Å². The molecule has 9 heteroatoms. The molecule has 4 atom stereocenters. The fraction of sp³-hybridized carbons (Fsp3) is 0.512. The highest BCUT2D eigenvalue weighted by Crippen LogP contribution is 2.51. The lowest BCUT2D eigenvalue weighted by molar-refractivity contribution is -0.128. The largest absolute Gasteiger partial charge is 0.485 e. The van der Waals surface area contributed by atoms with Crippen LogP contribution < -0.4 is 20.7 Å². The number of Topliss-reactive ketones (excluding diaryl/α,β-unsaturated/α-hetero) is 1. The molecule has 3 fully saturated rings. The summed E-state index contributed by atoms with van der Waals surface area (Å²) in [5.41, 5.74) is 3.05. The molecule has 4 N–H and O–H groups in total. The number of amides is 3. The molecule has 0 spiro atoms. The number of rotatable bonds is 16. The topological polar surface area (TPSA) is 120 Å². The Balaban J connectivity index is 1.23. The molecule has 3 aliphatic rings. The standard InChI is InChI=1S/C43H56N4O5/c1-29(2)38(47-24-12-23-44-41(47)51)40(50)45-34(25-32-15-7-5-8-16-32)27-36(48)35(26-33-17-9-6-10-18-33)42-19-21-43(46-42,22-20-42)37(49)28-52-39-30(3)13-11-14-31(39)4/h5-11,13-18,29,34-36,38,46,48H,12,19-28H2,1-4H3,(H,44,51)(H,45,50)/t34-,35-,36-,38-,42?,43?/m1/s1. The minimum Gasteiger partial charge on any atom is -0.485 e. The van der Waals surface area contributed by atoms with Gasteiger partial charge in [0.2, 0.25) is 5.91 Å². The molecule has 0 saturated carbocycles. The third kappa shape index (κ3) is 8.21. The van der Waals surface area contributed by atoms with Gasteiger partial charge in [-0.2, -0.15) is 0 Å². The molecule has 6 rings (SSSR count). The van der Waals surface area contributed by atoms with Crippen LogP contribution in [0.25, 0.3) is 0 Å². The van der Waals surface area contributed by atoms with Crippen LogP contribution in [0.4, 0.5) is 4.79 Å². The second-order valence-corrected chi connectivity index (χ2v) is 15.8. The summed E-state index contributed by atoms with van der Waals surface area (Å²) in [6, 6.07) is 25.0. The van der Waals surface area contributed by atoms with Gasteiger partial charge in [0.1, 0.15) is 18.4 Å². The van der Waals surface area contributed by atoms with Crippen LogP contribution in [0.2, 0.25) is 0 Å². The average Bonchev–Trinajstić information content (AvgIpc) is 3.71. The van der Waals surface area contributed by atoms with Crippen molar-refractivity contribution in [3.63, 3.8) is 0 Å². The molecule has 3 aliphatic heterocycles. The summed E-state index contributed by atoms with van der Waals surface area (Å²) in [4.78, 5) is 42.6. The molecule has 52 heavy (non-hydrogen) atoms. The number of aryl methyl sites for hydroxylation is 2. The minimum atomic E-state index is -0.785. The first-order valence-corrected chi connectivity index (χ1v) is 19.1. The van der Waals surface area contributed by atoms with Crippen LogP contribution in [-0.2, 0) is 22.4 Å². The van der Waals surface area contributed by atoms with E-state index in [4.69, 9.17) is 4.74 Å². The van der Waals surface area contributed by atoms with Gasteiger partial charge in [0.05, 0.1) is 11.6 Å². The predicted molar refractivity (Wildman–Crippen MR) is 203 cm³/mol. The third-order valence-corrected chi connectivity index (χ3v) is 11.8. The van der Waals surface area contributed by atoms with Crippen molar-refractivity contribution in [3.8, 4) is 5.75 Å². The van der Waals surface area contributed by atoms with Crippen molar-refractivity contribution in [1.29, 1.82) is 0 Å². The molecular weight excluding hydrogens is 652 g/mol. The third-order valence-electron chi connectivity index (χ3n) is 11.8. The van der Waals surface area contributed by atoms with Crippen LogP contribution in [0, 0.1) is 25.7 Å². The second kappa shape index (κ2) is 16.2. The SMILES string of the molecule is Cc1cccc(C)c1OCC(=O)C12CCC([C@H](Cc3ccccc3)[C@H](O)C[C@@H](Cc3ccccc3)NC(=O)[C@@H](C(C)C)N3CCCNC3=O)(CC1)N2. The molecule has 3 heterocycles. The van der Waals surface area contributed by atoms with E-state index in [1.807, 2.05) is 94.4 Å². The number of ether oxygens (including phenoxy) is 1. The Bertz CT molecular complexity index is 1670. The Morgan fingerprint density at radius 3 is 2.10 bits per heavy atom. The maximum absolute atomic E-state index is 14.1. The maximum atomic E-state index is 14.1. The average molecular weight is 709 g/mol. The van der Waals surface area contributed by atoms with Crippen LogP contribution in [-0.4, -0.2) is 76.7 Å². The number of aliphatic hydroxyl groups is 1. The zero-order chi connectivity index (χ0) is 36.9. The van der Waals surface area contributed by atoms with E-state index in [1.54, 1.807) is 4.90 Å². The van der Waals surface area contributed by atoms with E-state index in [-0.39, 0.29) is 42.2 Å². The lowest BCUT2D eigenvalue weighted by Crippen LogP contribution is -2.59. The van der Waals surface area contributed by atoms with Crippen molar-refractivity contribution >= 4 is 17.7 Å². The quantitative estimate of drug-likeness (QED) is 0.152. The van der Waals surface area contributed by atoms with Gasteiger partial charge in [-0.05, 0) is 93.4 Å². The summed E-state index contributed by atoms with van der Waals surface area (Å²) >= 11 is 0. The first kappa shape index (κ1) is 37.5. The van der Waals surface area contributed by atoms with Crippen molar-refractivity contribution in [2.24, 2.45) is 11.8 Å². The zero-order valence-electron chi connectivity index (χ0n) is 31.2. The lowest BCUT2D eigenvalue weighted by atomic mass is 9.69. The summed E-state index contributed by atoms with van der Waals surface area (Å²) in [6.45, 7) is 9.06. The van der Waals surface area contributed by atoms with Crippen molar-refractivity contribution in [3.05, 3.63) is 101 Å². The summed E-state index contributed by atoms with van der Waals surface area (Å²) in [7, 11) is 0. The Labute approximate surface area is 308 Å². The Hall–Kier alpha value is -4.21. The number of urea groups is 1. The van der Waals surface area contributed by atoms with Crippen LogP contribution in [0.15, 0.2) is 78.9 Å². The minimum absolute atomic E-state index is 0.00206. The van der Waals surface area contributed by atoms with E-state index in [0.717, 1.165) is 47.3 Å². The second-order valence-electron chi connectivity index (χ2n) is 15.8. The summed E-state index contributed by atoms with van der Waals surface area (Å²) in [5.74, 6) is 0.306. The van der Waals surface area contributed by atoms with Gasteiger partial charge in [-0.1, -0.05) is 92.7 Å². The number of para-hydroxylation sites is 1. The van der Waals surface area contributed by atoms with Gasteiger partial charge >= 0.3 is 6.03 Å². The fourth-order valence-corrected chi connectivity index (χ4v) is 9.08. The van der Waals surface area contributed by atoms with Crippen LogP contribution in [0.1, 0.15) is 74.6 Å². The van der Waals surface area contributed by atoms with Gasteiger partial charge in [-0.25, -0.2) is 4.79 Å².